The molecule has 1 rings (SSSR count). The van der Waals surface area contributed by atoms with Gasteiger partial charge in [-0.15, -0.1) is 0 Å². The van der Waals surface area contributed by atoms with Crippen LogP contribution in [-0.2, 0) is 10.0 Å². The Morgan fingerprint density at radius 1 is 1.42 bits per heavy atom. The van der Waals surface area contributed by atoms with E-state index in [1.165, 1.54) is 6.33 Å². The number of hydrogen-bond acceptors (Lipinski definition) is 7. The molecule has 0 atom stereocenters. The fourth-order valence-corrected chi connectivity index (χ4v) is 1.86. The SMILES string of the molecule is CC(C)Oc1ncnc(NCCCS(N)(=O)=O)c1N. The summed E-state index contributed by atoms with van der Waals surface area (Å²) >= 11 is 0. The van der Waals surface area contributed by atoms with Gasteiger partial charge in [0.1, 0.15) is 12.0 Å². The van der Waals surface area contributed by atoms with Crippen LogP contribution in [0.3, 0.4) is 0 Å². The summed E-state index contributed by atoms with van der Waals surface area (Å²) in [5.41, 5.74) is 6.14. The predicted octanol–water partition coefficient (Wildman–Crippen LogP) is -0.0635. The fraction of sp³-hybridized carbons (Fsp3) is 0.600. The summed E-state index contributed by atoms with van der Waals surface area (Å²) in [7, 11) is -3.44. The molecule has 0 unspecified atom stereocenters. The average molecular weight is 289 g/mol. The number of anilines is 2. The number of sulfonamides is 1. The Kier molecular flexibility index (Phi) is 5.31. The van der Waals surface area contributed by atoms with E-state index in [-0.39, 0.29) is 11.9 Å². The van der Waals surface area contributed by atoms with Gasteiger partial charge in [-0.1, -0.05) is 0 Å². The maximum atomic E-state index is 10.8. The molecular weight excluding hydrogens is 270 g/mol. The van der Waals surface area contributed by atoms with Crippen molar-refractivity contribution in [2.24, 2.45) is 5.14 Å². The Bertz CT molecular complexity index is 518. The molecule has 0 aromatic carbocycles. The second-order valence-electron chi connectivity index (χ2n) is 4.26. The molecule has 9 heteroatoms. The quantitative estimate of drug-likeness (QED) is 0.598. The average Bonchev–Trinajstić information content (AvgIpc) is 2.27. The minimum atomic E-state index is -3.44. The molecule has 5 N–H and O–H groups in total. The Balaban J connectivity index is 2.59. The number of nitrogens with one attached hydrogen (secondary N) is 1. The lowest BCUT2D eigenvalue weighted by Gasteiger charge is -2.13. The van der Waals surface area contributed by atoms with E-state index < -0.39 is 10.0 Å². The molecule has 0 aliphatic carbocycles. The normalized spacial score (nSPS) is 11.6. The van der Waals surface area contributed by atoms with E-state index in [0.29, 0.717) is 30.4 Å². The van der Waals surface area contributed by atoms with Crippen molar-refractivity contribution < 1.29 is 13.2 Å². The molecule has 1 heterocycles. The summed E-state index contributed by atoms with van der Waals surface area (Å²) < 4.78 is 26.9. The van der Waals surface area contributed by atoms with E-state index >= 15 is 0 Å². The molecule has 1 aromatic heterocycles. The molecule has 108 valence electrons. The third kappa shape index (κ3) is 5.71. The van der Waals surface area contributed by atoms with Crippen molar-refractivity contribution in [2.45, 2.75) is 26.4 Å². The lowest BCUT2D eigenvalue weighted by molar-refractivity contribution is 0.234. The van der Waals surface area contributed by atoms with Crippen molar-refractivity contribution >= 4 is 21.5 Å². The van der Waals surface area contributed by atoms with Crippen LogP contribution in [0, 0.1) is 0 Å². The first-order valence-electron chi connectivity index (χ1n) is 5.81. The fourth-order valence-electron chi connectivity index (χ4n) is 1.32. The van der Waals surface area contributed by atoms with Crippen molar-refractivity contribution in [2.75, 3.05) is 23.3 Å². The molecule has 0 aliphatic rings. The first-order chi connectivity index (χ1) is 8.79. The molecule has 0 spiro atoms. The molecule has 0 amide bonds. The molecule has 1 aromatic rings. The molecule has 0 saturated carbocycles. The van der Waals surface area contributed by atoms with Gasteiger partial charge in [-0.2, -0.15) is 4.98 Å². The van der Waals surface area contributed by atoms with Gasteiger partial charge in [0.25, 0.3) is 0 Å². The van der Waals surface area contributed by atoms with Gasteiger partial charge in [0.15, 0.2) is 5.82 Å². The molecule has 0 fully saturated rings. The summed E-state index contributed by atoms with van der Waals surface area (Å²) in [6.07, 6.45) is 1.64. The Morgan fingerprint density at radius 2 is 2.11 bits per heavy atom. The summed E-state index contributed by atoms with van der Waals surface area (Å²) in [4.78, 5) is 7.90. The number of nitrogens with zero attached hydrogens (tertiary/aromatic N) is 2. The molecule has 19 heavy (non-hydrogen) atoms. The zero-order valence-corrected chi connectivity index (χ0v) is 11.8. The van der Waals surface area contributed by atoms with Crippen molar-refractivity contribution in [3.63, 3.8) is 0 Å². The smallest absolute Gasteiger partial charge is 0.242 e. The first kappa shape index (κ1) is 15.4. The van der Waals surface area contributed by atoms with Crippen LogP contribution in [0.4, 0.5) is 11.5 Å². The number of nitrogen functional groups attached to an aromatic ring is 1. The zero-order chi connectivity index (χ0) is 14.5. The van der Waals surface area contributed by atoms with Crippen LogP contribution in [0.1, 0.15) is 20.3 Å². The van der Waals surface area contributed by atoms with Crippen LogP contribution in [0.5, 0.6) is 5.88 Å². The van der Waals surface area contributed by atoms with Gasteiger partial charge >= 0.3 is 0 Å². The highest BCUT2D eigenvalue weighted by Gasteiger charge is 2.10. The van der Waals surface area contributed by atoms with Crippen molar-refractivity contribution in [3.8, 4) is 5.88 Å². The highest BCUT2D eigenvalue weighted by molar-refractivity contribution is 7.89. The van der Waals surface area contributed by atoms with Crippen LogP contribution in [0.2, 0.25) is 0 Å². The molecule has 0 bridgehead atoms. The van der Waals surface area contributed by atoms with Gasteiger partial charge in [-0.25, -0.2) is 18.5 Å². The lowest BCUT2D eigenvalue weighted by atomic mass is 10.4. The third-order valence-electron chi connectivity index (χ3n) is 2.09. The second-order valence-corrected chi connectivity index (χ2v) is 5.99. The molecule has 0 aliphatic heterocycles. The van der Waals surface area contributed by atoms with Crippen LogP contribution in [-0.4, -0.2) is 36.8 Å². The van der Waals surface area contributed by atoms with Gasteiger partial charge < -0.3 is 15.8 Å². The minimum absolute atomic E-state index is 0.0487. The number of rotatable bonds is 7. The van der Waals surface area contributed by atoms with Gasteiger partial charge in [-0.05, 0) is 20.3 Å². The van der Waals surface area contributed by atoms with E-state index in [1.54, 1.807) is 0 Å². The maximum Gasteiger partial charge on any atom is 0.242 e. The highest BCUT2D eigenvalue weighted by Crippen LogP contribution is 2.25. The van der Waals surface area contributed by atoms with Crippen molar-refractivity contribution in [1.82, 2.24) is 9.97 Å². The first-order valence-corrected chi connectivity index (χ1v) is 7.52. The van der Waals surface area contributed by atoms with Crippen molar-refractivity contribution in [3.05, 3.63) is 6.33 Å². The zero-order valence-electron chi connectivity index (χ0n) is 11.0. The number of nitrogens with two attached hydrogens (primary N) is 2. The summed E-state index contributed by atoms with van der Waals surface area (Å²) in [6.45, 7) is 4.11. The molecule has 0 saturated heterocycles. The summed E-state index contributed by atoms with van der Waals surface area (Å²) in [5, 5.41) is 7.82. The molecule has 8 nitrogen and oxygen atoms in total. The summed E-state index contributed by atoms with van der Waals surface area (Å²) in [5.74, 6) is 0.624. The maximum absolute atomic E-state index is 10.8. The Morgan fingerprint density at radius 3 is 2.68 bits per heavy atom. The highest BCUT2D eigenvalue weighted by atomic mass is 32.2. The van der Waals surface area contributed by atoms with Gasteiger partial charge in [0, 0.05) is 6.54 Å². The number of hydrogen-bond donors (Lipinski definition) is 3. The van der Waals surface area contributed by atoms with E-state index in [0.717, 1.165) is 0 Å². The minimum Gasteiger partial charge on any atom is -0.473 e. The van der Waals surface area contributed by atoms with Gasteiger partial charge in [-0.3, -0.25) is 0 Å². The number of primary sulfonamides is 1. The van der Waals surface area contributed by atoms with Crippen LogP contribution in [0.15, 0.2) is 6.33 Å². The van der Waals surface area contributed by atoms with Gasteiger partial charge in [0.05, 0.1) is 11.9 Å². The monoisotopic (exact) mass is 289 g/mol. The topological polar surface area (TPSA) is 133 Å². The Hall–Kier alpha value is -1.61. The second kappa shape index (κ2) is 6.53. The lowest BCUT2D eigenvalue weighted by Crippen LogP contribution is -2.19. The molecular formula is C10H19N5O3S. The molecule has 0 radical (unpaired) electrons. The summed E-state index contributed by atoms with van der Waals surface area (Å²) in [6, 6.07) is 0. The Labute approximate surface area is 112 Å². The van der Waals surface area contributed by atoms with E-state index in [2.05, 4.69) is 15.3 Å². The van der Waals surface area contributed by atoms with Crippen molar-refractivity contribution in [1.29, 1.82) is 0 Å². The number of aromatic nitrogens is 2. The van der Waals surface area contributed by atoms with E-state index in [9.17, 15) is 8.42 Å². The van der Waals surface area contributed by atoms with Crippen LogP contribution in [0.25, 0.3) is 0 Å². The van der Waals surface area contributed by atoms with E-state index in [4.69, 9.17) is 15.6 Å². The van der Waals surface area contributed by atoms with Crippen LogP contribution < -0.4 is 20.9 Å². The van der Waals surface area contributed by atoms with E-state index in [1.807, 2.05) is 13.8 Å². The standard InChI is InChI=1S/C10H19N5O3S/c1-7(2)18-10-8(11)9(14-6-15-10)13-4-3-5-19(12,16)17/h6-7H,3-5,11H2,1-2H3,(H2,12,16,17)(H,13,14,15). The number of ether oxygens (including phenoxy) is 1. The van der Waals surface area contributed by atoms with Crippen LogP contribution >= 0.6 is 0 Å². The predicted molar refractivity (Wildman–Crippen MR) is 73.3 cm³/mol. The van der Waals surface area contributed by atoms with Gasteiger partial charge in [0.2, 0.25) is 15.9 Å². The third-order valence-corrected chi connectivity index (χ3v) is 2.95. The largest absolute Gasteiger partial charge is 0.473 e.